The minimum Gasteiger partial charge on any atom is -0.493 e. The summed E-state index contributed by atoms with van der Waals surface area (Å²) in [6.45, 7) is 7.65. The van der Waals surface area contributed by atoms with E-state index in [2.05, 4.69) is 19.2 Å². The molecule has 3 nitrogen and oxygen atoms in total. The molecule has 20 heavy (non-hydrogen) atoms. The van der Waals surface area contributed by atoms with Crippen LogP contribution in [0.15, 0.2) is 18.2 Å². The molecule has 1 rings (SSSR count). The van der Waals surface area contributed by atoms with E-state index in [1.54, 1.807) is 7.11 Å². The van der Waals surface area contributed by atoms with Crippen molar-refractivity contribution in [3.8, 4) is 5.75 Å². The molecule has 1 N–H and O–H groups in total. The molecule has 0 spiro atoms. The zero-order valence-electron chi connectivity index (χ0n) is 12.7. The molecule has 1 aromatic carbocycles. The Balaban J connectivity index is 2.47. The van der Waals surface area contributed by atoms with Crippen molar-refractivity contribution in [1.29, 1.82) is 0 Å². The highest BCUT2D eigenvalue weighted by molar-refractivity contribution is 6.30. The van der Waals surface area contributed by atoms with Crippen molar-refractivity contribution in [2.24, 2.45) is 5.92 Å². The zero-order chi connectivity index (χ0) is 14.8. The topological polar surface area (TPSA) is 30.5 Å². The Labute approximate surface area is 127 Å². The molecular formula is C16H26ClNO2. The molecule has 0 heterocycles. The first kappa shape index (κ1) is 17.3. The number of methoxy groups -OCH3 is 1. The molecule has 1 aromatic rings. The Hall–Kier alpha value is -0.770. The lowest BCUT2D eigenvalue weighted by Gasteiger charge is -2.13. The number of hydrogen-bond donors (Lipinski definition) is 1. The minimum absolute atomic E-state index is 0.632. The third-order valence-electron chi connectivity index (χ3n) is 2.89. The van der Waals surface area contributed by atoms with Crippen LogP contribution in [0, 0.1) is 5.92 Å². The molecule has 0 unspecified atom stereocenters. The Morgan fingerprint density at radius 1 is 1.20 bits per heavy atom. The van der Waals surface area contributed by atoms with Gasteiger partial charge in [-0.2, -0.15) is 0 Å². The first-order valence-electron chi connectivity index (χ1n) is 7.24. The van der Waals surface area contributed by atoms with E-state index in [-0.39, 0.29) is 0 Å². The molecule has 0 amide bonds. The number of unbranched alkanes of at least 4 members (excludes halogenated alkanes) is 1. The quantitative estimate of drug-likeness (QED) is 0.665. The molecule has 0 bridgehead atoms. The van der Waals surface area contributed by atoms with Gasteiger partial charge in [0.05, 0.1) is 6.61 Å². The normalized spacial score (nSPS) is 11.1. The maximum absolute atomic E-state index is 6.06. The van der Waals surface area contributed by atoms with Gasteiger partial charge >= 0.3 is 0 Å². The van der Waals surface area contributed by atoms with Crippen LogP contribution in [0.25, 0.3) is 0 Å². The molecule has 4 heteroatoms. The molecule has 0 aromatic heterocycles. The monoisotopic (exact) mass is 299 g/mol. The van der Waals surface area contributed by atoms with Crippen LogP contribution in [0.3, 0.4) is 0 Å². The second-order valence-corrected chi connectivity index (χ2v) is 5.76. The molecule has 0 saturated heterocycles. The zero-order valence-corrected chi connectivity index (χ0v) is 13.5. The molecule has 0 atom stereocenters. The Kier molecular flexibility index (Phi) is 8.67. The molecule has 0 fully saturated rings. The number of benzene rings is 1. The maximum Gasteiger partial charge on any atom is 0.123 e. The summed E-state index contributed by atoms with van der Waals surface area (Å²) >= 11 is 6.06. The highest BCUT2D eigenvalue weighted by atomic mass is 35.5. The van der Waals surface area contributed by atoms with Crippen molar-refractivity contribution >= 4 is 11.6 Å². The highest BCUT2D eigenvalue weighted by Crippen LogP contribution is 2.23. The summed E-state index contributed by atoms with van der Waals surface area (Å²) in [5.41, 5.74) is 1.12. The van der Waals surface area contributed by atoms with Gasteiger partial charge in [-0.05, 0) is 43.5 Å². The smallest absolute Gasteiger partial charge is 0.123 e. The minimum atomic E-state index is 0.632. The van der Waals surface area contributed by atoms with Crippen LogP contribution >= 0.6 is 11.6 Å². The molecule has 0 radical (unpaired) electrons. The van der Waals surface area contributed by atoms with Gasteiger partial charge in [0.15, 0.2) is 0 Å². The first-order chi connectivity index (χ1) is 9.63. The van der Waals surface area contributed by atoms with Crippen LogP contribution in [0.1, 0.15) is 32.3 Å². The van der Waals surface area contributed by atoms with Gasteiger partial charge in [0, 0.05) is 30.8 Å². The van der Waals surface area contributed by atoms with Crippen molar-refractivity contribution in [2.75, 3.05) is 26.9 Å². The van der Waals surface area contributed by atoms with Crippen molar-refractivity contribution in [3.63, 3.8) is 0 Å². The molecule has 0 aliphatic carbocycles. The van der Waals surface area contributed by atoms with Crippen LogP contribution in [0.2, 0.25) is 5.02 Å². The molecule has 0 aliphatic rings. The van der Waals surface area contributed by atoms with Crippen molar-refractivity contribution < 1.29 is 9.47 Å². The molecule has 114 valence electrons. The average Bonchev–Trinajstić information content (AvgIpc) is 2.40. The van der Waals surface area contributed by atoms with Crippen LogP contribution in [0.4, 0.5) is 0 Å². The Morgan fingerprint density at radius 3 is 2.65 bits per heavy atom. The predicted octanol–water partition coefficient (Wildman–Crippen LogP) is 3.89. The lowest BCUT2D eigenvalue weighted by molar-refractivity contribution is 0.184. The highest BCUT2D eigenvalue weighted by Gasteiger charge is 2.05. The summed E-state index contributed by atoms with van der Waals surface area (Å²) in [5, 5.41) is 4.17. The van der Waals surface area contributed by atoms with Gasteiger partial charge in [-0.1, -0.05) is 25.4 Å². The summed E-state index contributed by atoms with van der Waals surface area (Å²) in [4.78, 5) is 0. The summed E-state index contributed by atoms with van der Waals surface area (Å²) in [7, 11) is 1.72. The second kappa shape index (κ2) is 10.0. The largest absolute Gasteiger partial charge is 0.493 e. The summed E-state index contributed by atoms with van der Waals surface area (Å²) < 4.78 is 10.9. The van der Waals surface area contributed by atoms with Gasteiger partial charge in [0.1, 0.15) is 5.75 Å². The third-order valence-corrected chi connectivity index (χ3v) is 3.13. The first-order valence-corrected chi connectivity index (χ1v) is 7.62. The van der Waals surface area contributed by atoms with E-state index in [9.17, 15) is 0 Å². The Morgan fingerprint density at radius 2 is 1.95 bits per heavy atom. The maximum atomic E-state index is 6.06. The standard InChI is InChI=1S/C16H26ClNO2/c1-13(2)11-18-12-14-10-15(17)6-7-16(14)20-9-5-4-8-19-3/h6-7,10,13,18H,4-5,8-9,11-12H2,1-3H3. The lowest BCUT2D eigenvalue weighted by Crippen LogP contribution is -2.19. The third kappa shape index (κ3) is 7.13. The van der Waals surface area contributed by atoms with Gasteiger partial charge in [0.2, 0.25) is 0 Å². The SMILES string of the molecule is COCCCCOc1ccc(Cl)cc1CNCC(C)C. The van der Waals surface area contributed by atoms with E-state index in [0.717, 1.165) is 48.9 Å². The summed E-state index contributed by atoms with van der Waals surface area (Å²) in [6, 6.07) is 5.79. The number of rotatable bonds is 10. The number of halogens is 1. The number of ether oxygens (including phenoxy) is 2. The molecular weight excluding hydrogens is 274 g/mol. The average molecular weight is 300 g/mol. The van der Waals surface area contributed by atoms with E-state index >= 15 is 0 Å². The van der Waals surface area contributed by atoms with Crippen molar-refractivity contribution in [3.05, 3.63) is 28.8 Å². The van der Waals surface area contributed by atoms with E-state index in [1.165, 1.54) is 0 Å². The molecule has 0 saturated carbocycles. The van der Waals surface area contributed by atoms with Crippen molar-refractivity contribution in [2.45, 2.75) is 33.2 Å². The van der Waals surface area contributed by atoms with Gasteiger partial charge in [0.25, 0.3) is 0 Å². The summed E-state index contributed by atoms with van der Waals surface area (Å²) in [5.74, 6) is 1.55. The van der Waals surface area contributed by atoms with E-state index in [4.69, 9.17) is 21.1 Å². The van der Waals surface area contributed by atoms with Gasteiger partial charge < -0.3 is 14.8 Å². The predicted molar refractivity (Wildman–Crippen MR) is 84.6 cm³/mol. The second-order valence-electron chi connectivity index (χ2n) is 5.33. The van der Waals surface area contributed by atoms with Crippen molar-refractivity contribution in [1.82, 2.24) is 5.32 Å². The van der Waals surface area contributed by atoms with Gasteiger partial charge in [-0.25, -0.2) is 0 Å². The Bertz CT molecular complexity index is 383. The van der Waals surface area contributed by atoms with Crippen LogP contribution in [-0.4, -0.2) is 26.9 Å². The van der Waals surface area contributed by atoms with Crippen LogP contribution in [0.5, 0.6) is 5.75 Å². The fourth-order valence-electron chi connectivity index (χ4n) is 1.85. The number of nitrogens with one attached hydrogen (secondary N) is 1. The lowest BCUT2D eigenvalue weighted by atomic mass is 10.1. The van der Waals surface area contributed by atoms with Crippen LogP contribution in [-0.2, 0) is 11.3 Å². The summed E-state index contributed by atoms with van der Waals surface area (Å²) in [6.07, 6.45) is 2.01. The van der Waals surface area contributed by atoms with Gasteiger partial charge in [-0.15, -0.1) is 0 Å². The fraction of sp³-hybridized carbons (Fsp3) is 0.625. The van der Waals surface area contributed by atoms with Gasteiger partial charge in [-0.3, -0.25) is 0 Å². The van der Waals surface area contributed by atoms with E-state index < -0.39 is 0 Å². The fourth-order valence-corrected chi connectivity index (χ4v) is 2.05. The van der Waals surface area contributed by atoms with E-state index in [0.29, 0.717) is 12.5 Å². The van der Waals surface area contributed by atoms with Crippen LogP contribution < -0.4 is 10.1 Å². The van der Waals surface area contributed by atoms with E-state index in [1.807, 2.05) is 18.2 Å². The molecule has 0 aliphatic heterocycles. The number of hydrogen-bond acceptors (Lipinski definition) is 3.